The van der Waals surface area contributed by atoms with Gasteiger partial charge in [-0.2, -0.15) is 5.26 Å². The molecule has 0 radical (unpaired) electrons. The lowest BCUT2D eigenvalue weighted by molar-refractivity contribution is -0.144. The van der Waals surface area contributed by atoms with Gasteiger partial charge in [0.2, 0.25) is 0 Å². The maximum absolute atomic E-state index is 10.5. The summed E-state index contributed by atoms with van der Waals surface area (Å²) in [5, 5.41) is 8.55. The van der Waals surface area contributed by atoms with Crippen molar-refractivity contribution < 1.29 is 9.53 Å². The van der Waals surface area contributed by atoms with Crippen LogP contribution in [0.2, 0.25) is 0 Å². The van der Waals surface area contributed by atoms with Crippen LogP contribution < -0.4 is 0 Å². The Bertz CT molecular complexity index is 172. The lowest BCUT2D eigenvalue weighted by atomic mass is 10.1. The molecule has 12 heavy (non-hydrogen) atoms. The first kappa shape index (κ1) is 11.0. The third kappa shape index (κ3) is 5.72. The number of unbranched alkanes of at least 4 members (excludes halogenated alkanes) is 2. The van der Waals surface area contributed by atoms with E-state index in [2.05, 4.69) is 6.92 Å². The molecule has 0 aliphatic carbocycles. The number of ether oxygens (including phenoxy) is 1. The van der Waals surface area contributed by atoms with Gasteiger partial charge in [-0.25, -0.2) is 0 Å². The maximum Gasteiger partial charge on any atom is 0.303 e. The van der Waals surface area contributed by atoms with Crippen molar-refractivity contribution in [2.45, 2.75) is 45.6 Å². The molecule has 68 valence electrons. The Morgan fingerprint density at radius 3 is 2.67 bits per heavy atom. The van der Waals surface area contributed by atoms with E-state index in [1.165, 1.54) is 6.92 Å². The van der Waals surface area contributed by atoms with Gasteiger partial charge in [0.05, 0.1) is 0 Å². The highest BCUT2D eigenvalue weighted by Crippen LogP contribution is 2.05. The zero-order chi connectivity index (χ0) is 9.40. The SMILES string of the molecule is CCCCC[C@@H](C#N)OC(C)=O. The first-order valence-electron chi connectivity index (χ1n) is 4.27. The number of esters is 1. The summed E-state index contributed by atoms with van der Waals surface area (Å²) in [7, 11) is 0. The fraction of sp³-hybridized carbons (Fsp3) is 0.778. The second-order valence-corrected chi connectivity index (χ2v) is 2.72. The standard InChI is InChI=1S/C9H15NO2/c1-3-4-5-6-9(7-10)12-8(2)11/h9H,3-6H2,1-2H3/t9-/m0/s1. The van der Waals surface area contributed by atoms with E-state index < -0.39 is 6.10 Å². The molecule has 0 fully saturated rings. The van der Waals surface area contributed by atoms with Gasteiger partial charge in [0, 0.05) is 6.92 Å². The predicted molar refractivity (Wildman–Crippen MR) is 45.3 cm³/mol. The van der Waals surface area contributed by atoms with E-state index in [0.717, 1.165) is 19.3 Å². The van der Waals surface area contributed by atoms with Gasteiger partial charge in [0.15, 0.2) is 6.10 Å². The van der Waals surface area contributed by atoms with Crippen molar-refractivity contribution in [3.63, 3.8) is 0 Å². The Labute approximate surface area is 73.3 Å². The molecule has 0 saturated carbocycles. The predicted octanol–water partition coefficient (Wildman–Crippen LogP) is 2.02. The van der Waals surface area contributed by atoms with Gasteiger partial charge in [-0.15, -0.1) is 0 Å². The van der Waals surface area contributed by atoms with Gasteiger partial charge in [0.1, 0.15) is 6.07 Å². The second-order valence-electron chi connectivity index (χ2n) is 2.72. The van der Waals surface area contributed by atoms with E-state index in [4.69, 9.17) is 10.00 Å². The Kier molecular flexibility index (Phi) is 6.08. The van der Waals surface area contributed by atoms with Crippen molar-refractivity contribution in [1.29, 1.82) is 5.26 Å². The van der Waals surface area contributed by atoms with Crippen LogP contribution >= 0.6 is 0 Å². The van der Waals surface area contributed by atoms with Crippen molar-refractivity contribution in [3.05, 3.63) is 0 Å². The highest BCUT2D eigenvalue weighted by atomic mass is 16.5. The van der Waals surface area contributed by atoms with Crippen molar-refractivity contribution >= 4 is 5.97 Å². The van der Waals surface area contributed by atoms with Gasteiger partial charge >= 0.3 is 5.97 Å². The van der Waals surface area contributed by atoms with Gasteiger partial charge in [-0.05, 0) is 12.8 Å². The van der Waals surface area contributed by atoms with Gasteiger partial charge < -0.3 is 4.74 Å². The van der Waals surface area contributed by atoms with Crippen LogP contribution in [0.4, 0.5) is 0 Å². The minimum atomic E-state index is -0.547. The number of carbonyl (C=O) groups is 1. The average Bonchev–Trinajstić information content (AvgIpc) is 2.02. The number of nitrogens with zero attached hydrogens (tertiary/aromatic N) is 1. The number of hydrogen-bond acceptors (Lipinski definition) is 3. The molecule has 3 heteroatoms. The van der Waals surface area contributed by atoms with Gasteiger partial charge in [-0.3, -0.25) is 4.79 Å². The normalized spacial score (nSPS) is 11.8. The molecular weight excluding hydrogens is 154 g/mol. The van der Waals surface area contributed by atoms with Crippen LogP contribution in [-0.4, -0.2) is 12.1 Å². The molecule has 0 N–H and O–H groups in total. The van der Waals surface area contributed by atoms with E-state index in [0.29, 0.717) is 6.42 Å². The van der Waals surface area contributed by atoms with Crippen LogP contribution in [0.15, 0.2) is 0 Å². The first-order chi connectivity index (χ1) is 5.70. The average molecular weight is 169 g/mol. The van der Waals surface area contributed by atoms with Crippen LogP contribution in [0.25, 0.3) is 0 Å². The number of carbonyl (C=O) groups excluding carboxylic acids is 1. The van der Waals surface area contributed by atoms with Crippen molar-refractivity contribution in [2.24, 2.45) is 0 Å². The third-order valence-corrected chi connectivity index (χ3v) is 1.52. The fourth-order valence-electron chi connectivity index (χ4n) is 0.930. The Hall–Kier alpha value is -1.04. The molecular formula is C9H15NO2. The number of nitriles is 1. The van der Waals surface area contributed by atoms with Crippen LogP contribution in [0, 0.1) is 11.3 Å². The van der Waals surface area contributed by atoms with E-state index in [1.807, 2.05) is 6.07 Å². The summed E-state index contributed by atoms with van der Waals surface area (Å²) in [4.78, 5) is 10.5. The zero-order valence-corrected chi connectivity index (χ0v) is 7.67. The Morgan fingerprint density at radius 2 is 2.25 bits per heavy atom. The molecule has 0 bridgehead atoms. The monoisotopic (exact) mass is 169 g/mol. The molecule has 0 heterocycles. The minimum absolute atomic E-state index is 0.377. The van der Waals surface area contributed by atoms with Crippen LogP contribution in [0.5, 0.6) is 0 Å². The first-order valence-corrected chi connectivity index (χ1v) is 4.27. The smallest absolute Gasteiger partial charge is 0.303 e. The van der Waals surface area contributed by atoms with E-state index in [1.54, 1.807) is 0 Å². The highest BCUT2D eigenvalue weighted by molar-refractivity contribution is 5.66. The topological polar surface area (TPSA) is 50.1 Å². The number of hydrogen-bond donors (Lipinski definition) is 0. The van der Waals surface area contributed by atoms with Crippen molar-refractivity contribution in [3.8, 4) is 6.07 Å². The molecule has 0 aliphatic rings. The van der Waals surface area contributed by atoms with Crippen LogP contribution in [0.3, 0.4) is 0 Å². The summed E-state index contributed by atoms with van der Waals surface area (Å²) >= 11 is 0. The highest BCUT2D eigenvalue weighted by Gasteiger charge is 2.08. The van der Waals surface area contributed by atoms with Gasteiger partial charge in [0.25, 0.3) is 0 Å². The number of rotatable bonds is 5. The summed E-state index contributed by atoms with van der Waals surface area (Å²) in [6.45, 7) is 3.41. The third-order valence-electron chi connectivity index (χ3n) is 1.52. The Morgan fingerprint density at radius 1 is 1.58 bits per heavy atom. The summed E-state index contributed by atoms with van der Waals surface area (Å²) < 4.78 is 4.75. The molecule has 0 aromatic carbocycles. The summed E-state index contributed by atoms with van der Waals surface area (Å²) in [6, 6.07) is 1.95. The van der Waals surface area contributed by atoms with E-state index in [-0.39, 0.29) is 5.97 Å². The van der Waals surface area contributed by atoms with Gasteiger partial charge in [-0.1, -0.05) is 19.8 Å². The molecule has 0 aliphatic heterocycles. The lowest BCUT2D eigenvalue weighted by Crippen LogP contribution is -2.13. The maximum atomic E-state index is 10.5. The molecule has 1 atom stereocenters. The van der Waals surface area contributed by atoms with Crippen LogP contribution in [-0.2, 0) is 9.53 Å². The minimum Gasteiger partial charge on any atom is -0.447 e. The second kappa shape index (κ2) is 6.66. The van der Waals surface area contributed by atoms with Crippen molar-refractivity contribution in [1.82, 2.24) is 0 Å². The molecule has 0 aromatic rings. The fourth-order valence-corrected chi connectivity index (χ4v) is 0.930. The molecule has 0 aromatic heterocycles. The summed E-state index contributed by atoms with van der Waals surface area (Å²) in [6.07, 6.45) is 3.25. The zero-order valence-electron chi connectivity index (χ0n) is 7.67. The molecule has 0 saturated heterocycles. The summed E-state index contributed by atoms with van der Waals surface area (Å²) in [5.41, 5.74) is 0. The van der Waals surface area contributed by atoms with E-state index >= 15 is 0 Å². The Balaban J connectivity index is 3.55. The molecule has 0 amide bonds. The van der Waals surface area contributed by atoms with E-state index in [9.17, 15) is 4.79 Å². The largest absolute Gasteiger partial charge is 0.447 e. The summed E-state index contributed by atoms with van der Waals surface area (Å²) in [5.74, 6) is -0.377. The quantitative estimate of drug-likeness (QED) is 0.467. The molecule has 0 unspecified atom stereocenters. The van der Waals surface area contributed by atoms with Crippen molar-refractivity contribution in [2.75, 3.05) is 0 Å². The lowest BCUT2D eigenvalue weighted by Gasteiger charge is -2.07. The molecule has 0 rings (SSSR count). The van der Waals surface area contributed by atoms with Crippen LogP contribution in [0.1, 0.15) is 39.5 Å². The molecule has 0 spiro atoms. The molecule has 3 nitrogen and oxygen atoms in total.